The summed E-state index contributed by atoms with van der Waals surface area (Å²) in [6.07, 6.45) is 3.68. The van der Waals surface area contributed by atoms with Crippen LogP contribution in [-0.2, 0) is 0 Å². The maximum atomic E-state index is 8.22. The Bertz CT molecular complexity index is 728. The molecule has 0 saturated carbocycles. The quantitative estimate of drug-likeness (QED) is 0.689. The van der Waals surface area contributed by atoms with Crippen LogP contribution in [0.25, 0.3) is 5.70 Å². The number of nitrogens with one attached hydrogen (secondary N) is 3. The Morgan fingerprint density at radius 3 is 2.55 bits per heavy atom. The fraction of sp³-hybridized carbons (Fsp3) is 0.312. The second-order valence-corrected chi connectivity index (χ2v) is 6.62. The molecule has 0 aromatic heterocycles. The fourth-order valence-electron chi connectivity index (χ4n) is 3.06. The SMILES string of the molecule is N=C1N=C(N2CCCCC2)SC1=C1NC(=N)c2ccccc21. The predicted molar refractivity (Wildman–Crippen MR) is 91.5 cm³/mol. The van der Waals surface area contributed by atoms with E-state index in [1.165, 1.54) is 19.3 Å². The Balaban J connectivity index is 1.68. The van der Waals surface area contributed by atoms with Crippen molar-refractivity contribution in [2.24, 2.45) is 4.99 Å². The van der Waals surface area contributed by atoms with Crippen LogP contribution in [0.15, 0.2) is 34.2 Å². The largest absolute Gasteiger partial charge is 0.351 e. The lowest BCUT2D eigenvalue weighted by molar-refractivity contribution is 0.348. The molecule has 0 bridgehead atoms. The number of amidine groups is 3. The normalized spacial score (nSPS) is 24.4. The van der Waals surface area contributed by atoms with Crippen LogP contribution in [0.1, 0.15) is 30.4 Å². The van der Waals surface area contributed by atoms with Crippen LogP contribution in [0.2, 0.25) is 0 Å². The molecule has 0 aliphatic carbocycles. The Morgan fingerprint density at radius 1 is 1.05 bits per heavy atom. The molecule has 3 aliphatic rings. The first-order valence-electron chi connectivity index (χ1n) is 7.54. The highest BCUT2D eigenvalue weighted by Gasteiger charge is 2.31. The summed E-state index contributed by atoms with van der Waals surface area (Å²) in [6.45, 7) is 2.06. The number of nitrogens with zero attached hydrogens (tertiary/aromatic N) is 2. The zero-order valence-electron chi connectivity index (χ0n) is 12.1. The zero-order chi connectivity index (χ0) is 15.1. The van der Waals surface area contributed by atoms with E-state index in [1.807, 2.05) is 24.3 Å². The second kappa shape index (κ2) is 5.28. The maximum Gasteiger partial charge on any atom is 0.171 e. The third-order valence-corrected chi connectivity index (χ3v) is 5.32. The number of benzene rings is 1. The number of thioether (sulfide) groups is 1. The molecule has 3 heterocycles. The van der Waals surface area contributed by atoms with E-state index in [9.17, 15) is 0 Å². The van der Waals surface area contributed by atoms with Crippen LogP contribution in [0.3, 0.4) is 0 Å². The number of rotatable bonds is 0. The van der Waals surface area contributed by atoms with Gasteiger partial charge in [-0.15, -0.1) is 0 Å². The standard InChI is InChI=1S/C16H17N5S/c17-14-11-7-3-2-6-10(11)12(19-14)13-15(18)20-16(22-13)21-8-4-1-5-9-21/h2-3,6-7,18H,1,4-5,8-9H2,(H2,17,19). The summed E-state index contributed by atoms with van der Waals surface area (Å²) in [5.74, 6) is 0.704. The van der Waals surface area contributed by atoms with Crippen molar-refractivity contribution in [1.29, 1.82) is 10.8 Å². The van der Waals surface area contributed by atoms with E-state index in [-0.39, 0.29) is 0 Å². The highest BCUT2D eigenvalue weighted by Crippen LogP contribution is 2.37. The molecule has 0 radical (unpaired) electrons. The molecule has 3 aliphatic heterocycles. The predicted octanol–water partition coefficient (Wildman–Crippen LogP) is 2.85. The van der Waals surface area contributed by atoms with Crippen LogP contribution in [0.5, 0.6) is 0 Å². The molecule has 1 fully saturated rings. The molecule has 1 aromatic rings. The van der Waals surface area contributed by atoms with Gasteiger partial charge < -0.3 is 10.2 Å². The molecule has 112 valence electrons. The summed E-state index contributed by atoms with van der Waals surface area (Å²) in [5, 5.41) is 20.3. The first kappa shape index (κ1) is 13.6. The van der Waals surface area contributed by atoms with E-state index >= 15 is 0 Å². The average Bonchev–Trinajstić information content (AvgIpc) is 3.09. The molecular formula is C16H17N5S. The smallest absolute Gasteiger partial charge is 0.171 e. The minimum Gasteiger partial charge on any atom is -0.351 e. The molecule has 0 atom stereocenters. The van der Waals surface area contributed by atoms with Crippen molar-refractivity contribution in [3.63, 3.8) is 0 Å². The molecule has 0 unspecified atom stereocenters. The van der Waals surface area contributed by atoms with Crippen LogP contribution in [0.4, 0.5) is 0 Å². The summed E-state index contributed by atoms with van der Waals surface area (Å²) < 4.78 is 0. The Morgan fingerprint density at radius 2 is 1.77 bits per heavy atom. The van der Waals surface area contributed by atoms with Crippen LogP contribution >= 0.6 is 11.8 Å². The summed E-state index contributed by atoms with van der Waals surface area (Å²) in [6, 6.07) is 7.84. The number of likely N-dealkylation sites (tertiary alicyclic amines) is 1. The lowest BCUT2D eigenvalue weighted by atomic mass is 10.1. The lowest BCUT2D eigenvalue weighted by Crippen LogP contribution is -2.33. The number of fused-ring (bicyclic) bond motifs is 1. The van der Waals surface area contributed by atoms with Gasteiger partial charge in [0, 0.05) is 24.2 Å². The molecule has 1 aromatic carbocycles. The molecule has 4 rings (SSSR count). The third-order valence-electron chi connectivity index (χ3n) is 4.19. The number of aliphatic imine (C=N–C) groups is 1. The van der Waals surface area contributed by atoms with Crippen molar-refractivity contribution < 1.29 is 0 Å². The molecule has 0 spiro atoms. The first-order valence-corrected chi connectivity index (χ1v) is 8.36. The Kier molecular flexibility index (Phi) is 3.26. The van der Waals surface area contributed by atoms with Crippen molar-refractivity contribution in [3.05, 3.63) is 40.3 Å². The van der Waals surface area contributed by atoms with Crippen LogP contribution < -0.4 is 5.32 Å². The van der Waals surface area contributed by atoms with E-state index < -0.39 is 0 Å². The molecule has 6 heteroatoms. The summed E-state index contributed by atoms with van der Waals surface area (Å²) in [7, 11) is 0. The van der Waals surface area contributed by atoms with Gasteiger partial charge in [-0.3, -0.25) is 10.8 Å². The van der Waals surface area contributed by atoms with Crippen molar-refractivity contribution in [2.45, 2.75) is 19.3 Å². The third kappa shape index (κ3) is 2.14. The molecular weight excluding hydrogens is 294 g/mol. The van der Waals surface area contributed by atoms with Gasteiger partial charge in [0.2, 0.25) is 0 Å². The summed E-state index contributed by atoms with van der Waals surface area (Å²) in [5.41, 5.74) is 2.74. The van der Waals surface area contributed by atoms with Gasteiger partial charge in [0.1, 0.15) is 5.84 Å². The van der Waals surface area contributed by atoms with Crippen LogP contribution in [-0.4, -0.2) is 34.8 Å². The molecule has 22 heavy (non-hydrogen) atoms. The van der Waals surface area contributed by atoms with Gasteiger partial charge in [-0.05, 0) is 31.0 Å². The first-order chi connectivity index (χ1) is 10.7. The van der Waals surface area contributed by atoms with E-state index in [2.05, 4.69) is 15.2 Å². The van der Waals surface area contributed by atoms with Crippen molar-refractivity contribution in [3.8, 4) is 0 Å². The van der Waals surface area contributed by atoms with E-state index in [0.29, 0.717) is 11.7 Å². The Labute approximate surface area is 133 Å². The highest BCUT2D eigenvalue weighted by molar-refractivity contribution is 8.18. The van der Waals surface area contributed by atoms with Crippen LogP contribution in [0, 0.1) is 10.8 Å². The van der Waals surface area contributed by atoms with Gasteiger partial charge in [-0.2, -0.15) is 0 Å². The summed E-state index contributed by atoms with van der Waals surface area (Å²) in [4.78, 5) is 7.57. The maximum absolute atomic E-state index is 8.22. The average molecular weight is 311 g/mol. The second-order valence-electron chi connectivity index (χ2n) is 5.64. The van der Waals surface area contributed by atoms with Gasteiger partial charge in [0.15, 0.2) is 11.0 Å². The molecule has 1 saturated heterocycles. The van der Waals surface area contributed by atoms with E-state index in [4.69, 9.17) is 10.8 Å². The van der Waals surface area contributed by atoms with Gasteiger partial charge >= 0.3 is 0 Å². The number of hydrogen-bond donors (Lipinski definition) is 3. The lowest BCUT2D eigenvalue weighted by Gasteiger charge is -2.27. The molecule has 5 nitrogen and oxygen atoms in total. The van der Waals surface area contributed by atoms with Crippen molar-refractivity contribution in [2.75, 3.05) is 13.1 Å². The molecule has 3 N–H and O–H groups in total. The van der Waals surface area contributed by atoms with Gasteiger partial charge in [-0.25, -0.2) is 4.99 Å². The topological polar surface area (TPSA) is 75.3 Å². The summed E-state index contributed by atoms with van der Waals surface area (Å²) >= 11 is 1.56. The zero-order valence-corrected chi connectivity index (χ0v) is 13.0. The fourth-order valence-corrected chi connectivity index (χ4v) is 4.09. The minimum absolute atomic E-state index is 0.303. The van der Waals surface area contributed by atoms with Gasteiger partial charge in [0.25, 0.3) is 0 Å². The Hall–Kier alpha value is -2.08. The monoisotopic (exact) mass is 311 g/mol. The molecule has 0 amide bonds. The highest BCUT2D eigenvalue weighted by atomic mass is 32.2. The van der Waals surface area contributed by atoms with E-state index in [1.54, 1.807) is 11.8 Å². The van der Waals surface area contributed by atoms with Gasteiger partial charge in [-0.1, -0.05) is 24.3 Å². The van der Waals surface area contributed by atoms with E-state index in [0.717, 1.165) is 40.0 Å². The number of piperidine rings is 1. The number of hydrogen-bond acceptors (Lipinski definition) is 4. The minimum atomic E-state index is 0.303. The van der Waals surface area contributed by atoms with Crippen molar-refractivity contribution in [1.82, 2.24) is 10.2 Å². The van der Waals surface area contributed by atoms with Crippen molar-refractivity contribution >= 4 is 34.3 Å². The van der Waals surface area contributed by atoms with Gasteiger partial charge in [0.05, 0.1) is 10.6 Å².